The lowest BCUT2D eigenvalue weighted by Gasteiger charge is -2.19. The van der Waals surface area contributed by atoms with E-state index in [2.05, 4.69) is 10.1 Å². The number of benzene rings is 2. The lowest BCUT2D eigenvalue weighted by atomic mass is 10.1. The molecule has 2 aromatic carbocycles. The third-order valence-corrected chi connectivity index (χ3v) is 3.21. The summed E-state index contributed by atoms with van der Waals surface area (Å²) in [5.74, 6) is 0.0829. The van der Waals surface area contributed by atoms with E-state index < -0.39 is 5.97 Å². The minimum absolute atomic E-state index is 0.199. The van der Waals surface area contributed by atoms with Gasteiger partial charge in [-0.15, -0.1) is 0 Å². The Kier molecular flexibility index (Phi) is 3.62. The summed E-state index contributed by atoms with van der Waals surface area (Å²) in [4.78, 5) is 23.4. The molecule has 22 heavy (non-hydrogen) atoms. The number of anilines is 1. The molecule has 0 saturated heterocycles. The molecular formula is C17H13NO4. The minimum Gasteiger partial charge on any atom is -0.465 e. The molecule has 0 unspecified atom stereocenters. The van der Waals surface area contributed by atoms with Gasteiger partial charge >= 0.3 is 5.97 Å². The third-order valence-electron chi connectivity index (χ3n) is 3.21. The molecule has 0 aliphatic carbocycles. The SMILES string of the molecule is COC(=O)c1ccc(/C=C2/Oc3ccccc3NC2=O)cc1. The van der Waals surface area contributed by atoms with E-state index in [9.17, 15) is 9.59 Å². The van der Waals surface area contributed by atoms with Gasteiger partial charge in [0.05, 0.1) is 18.4 Å². The highest BCUT2D eigenvalue weighted by Gasteiger charge is 2.21. The number of amides is 1. The monoisotopic (exact) mass is 295 g/mol. The first-order chi connectivity index (χ1) is 10.7. The van der Waals surface area contributed by atoms with E-state index in [4.69, 9.17) is 4.74 Å². The zero-order valence-corrected chi connectivity index (χ0v) is 11.8. The van der Waals surface area contributed by atoms with Gasteiger partial charge in [-0.05, 0) is 35.9 Å². The standard InChI is InChI=1S/C17H13NO4/c1-21-17(20)12-8-6-11(7-9-12)10-15-16(19)18-13-4-2-3-5-14(13)22-15/h2-10H,1H3,(H,18,19)/b15-10+. The largest absolute Gasteiger partial charge is 0.465 e. The molecule has 1 N–H and O–H groups in total. The van der Waals surface area contributed by atoms with Crippen LogP contribution in [0.5, 0.6) is 5.75 Å². The van der Waals surface area contributed by atoms with Gasteiger partial charge in [0.15, 0.2) is 11.5 Å². The summed E-state index contributed by atoms with van der Waals surface area (Å²) in [7, 11) is 1.33. The molecule has 0 radical (unpaired) electrons. The van der Waals surface area contributed by atoms with Gasteiger partial charge in [-0.25, -0.2) is 4.79 Å². The van der Waals surface area contributed by atoms with Gasteiger partial charge in [-0.2, -0.15) is 0 Å². The zero-order valence-electron chi connectivity index (χ0n) is 11.8. The van der Waals surface area contributed by atoms with Crippen molar-refractivity contribution in [1.82, 2.24) is 0 Å². The molecule has 0 spiro atoms. The van der Waals surface area contributed by atoms with Gasteiger partial charge in [0, 0.05) is 0 Å². The summed E-state index contributed by atoms with van der Waals surface area (Å²) < 4.78 is 10.2. The maximum atomic E-state index is 12.0. The summed E-state index contributed by atoms with van der Waals surface area (Å²) in [5.41, 5.74) is 1.84. The Hall–Kier alpha value is -3.08. The van der Waals surface area contributed by atoms with E-state index in [1.54, 1.807) is 42.5 Å². The summed E-state index contributed by atoms with van der Waals surface area (Å²) in [6.07, 6.45) is 1.62. The zero-order chi connectivity index (χ0) is 15.5. The van der Waals surface area contributed by atoms with E-state index in [1.165, 1.54) is 7.11 Å². The second-order valence-corrected chi connectivity index (χ2v) is 4.67. The molecule has 5 heteroatoms. The quantitative estimate of drug-likeness (QED) is 0.683. The third kappa shape index (κ3) is 2.69. The molecule has 1 aliphatic heterocycles. The Morgan fingerprint density at radius 2 is 1.86 bits per heavy atom. The molecular weight excluding hydrogens is 282 g/mol. The molecule has 0 fully saturated rings. The Balaban J connectivity index is 1.86. The van der Waals surface area contributed by atoms with Crippen LogP contribution in [-0.2, 0) is 9.53 Å². The van der Waals surface area contributed by atoms with Crippen molar-refractivity contribution in [2.75, 3.05) is 12.4 Å². The number of ether oxygens (including phenoxy) is 2. The topological polar surface area (TPSA) is 64.6 Å². The predicted molar refractivity (Wildman–Crippen MR) is 81.5 cm³/mol. The van der Waals surface area contributed by atoms with Crippen LogP contribution >= 0.6 is 0 Å². The summed E-state index contributed by atoms with van der Waals surface area (Å²) >= 11 is 0. The molecule has 0 bridgehead atoms. The van der Waals surface area contributed by atoms with Gasteiger partial charge in [-0.3, -0.25) is 4.79 Å². The van der Waals surface area contributed by atoms with Gasteiger partial charge in [0.1, 0.15) is 0 Å². The molecule has 110 valence electrons. The first kappa shape index (κ1) is 13.9. The van der Waals surface area contributed by atoms with Crippen LogP contribution in [0.4, 0.5) is 5.69 Å². The fourth-order valence-corrected chi connectivity index (χ4v) is 2.09. The number of hydrogen-bond acceptors (Lipinski definition) is 4. The van der Waals surface area contributed by atoms with E-state index >= 15 is 0 Å². The second-order valence-electron chi connectivity index (χ2n) is 4.67. The van der Waals surface area contributed by atoms with Gasteiger partial charge in [-0.1, -0.05) is 24.3 Å². The predicted octanol–water partition coefficient (Wildman–Crippen LogP) is 2.85. The molecule has 0 aromatic heterocycles. The Morgan fingerprint density at radius 1 is 1.14 bits per heavy atom. The average Bonchev–Trinajstić information content (AvgIpc) is 2.55. The molecule has 5 nitrogen and oxygen atoms in total. The van der Waals surface area contributed by atoms with Crippen molar-refractivity contribution < 1.29 is 19.1 Å². The first-order valence-electron chi connectivity index (χ1n) is 6.65. The van der Waals surface area contributed by atoms with E-state index in [0.717, 1.165) is 5.56 Å². The molecule has 3 rings (SSSR count). The number of para-hydroxylation sites is 2. The summed E-state index contributed by atoms with van der Waals surface area (Å²) in [6.45, 7) is 0. The molecule has 0 saturated carbocycles. The number of carbonyl (C=O) groups is 2. The van der Waals surface area contributed by atoms with Crippen LogP contribution in [0.25, 0.3) is 6.08 Å². The van der Waals surface area contributed by atoms with Gasteiger partial charge in [0.2, 0.25) is 0 Å². The van der Waals surface area contributed by atoms with Crippen molar-refractivity contribution in [3.63, 3.8) is 0 Å². The number of rotatable bonds is 2. The maximum absolute atomic E-state index is 12.0. The highest BCUT2D eigenvalue weighted by molar-refractivity contribution is 6.08. The Morgan fingerprint density at radius 3 is 2.59 bits per heavy atom. The Bertz CT molecular complexity index is 762. The lowest BCUT2D eigenvalue weighted by molar-refractivity contribution is -0.115. The van der Waals surface area contributed by atoms with Crippen molar-refractivity contribution in [3.8, 4) is 5.75 Å². The fourth-order valence-electron chi connectivity index (χ4n) is 2.09. The second kappa shape index (κ2) is 5.73. The van der Waals surface area contributed by atoms with Crippen molar-refractivity contribution in [2.45, 2.75) is 0 Å². The van der Waals surface area contributed by atoms with Crippen molar-refractivity contribution >= 4 is 23.6 Å². The van der Waals surface area contributed by atoms with Gasteiger partial charge < -0.3 is 14.8 Å². The van der Waals surface area contributed by atoms with E-state index in [-0.39, 0.29) is 11.7 Å². The smallest absolute Gasteiger partial charge is 0.337 e. The summed E-state index contributed by atoms with van der Waals surface area (Å²) in [6, 6.07) is 13.9. The molecule has 1 aliphatic rings. The van der Waals surface area contributed by atoms with Crippen LogP contribution in [0.15, 0.2) is 54.3 Å². The van der Waals surface area contributed by atoms with Crippen molar-refractivity contribution in [3.05, 3.63) is 65.4 Å². The Labute approximate surface area is 127 Å². The molecule has 2 aromatic rings. The number of fused-ring (bicyclic) bond motifs is 1. The number of carbonyl (C=O) groups excluding carboxylic acids is 2. The van der Waals surface area contributed by atoms with Crippen molar-refractivity contribution in [2.24, 2.45) is 0 Å². The molecule has 1 heterocycles. The fraction of sp³-hybridized carbons (Fsp3) is 0.0588. The van der Waals surface area contributed by atoms with Crippen LogP contribution in [0, 0.1) is 0 Å². The van der Waals surface area contributed by atoms with Gasteiger partial charge in [0.25, 0.3) is 5.91 Å². The van der Waals surface area contributed by atoms with Crippen LogP contribution in [0.2, 0.25) is 0 Å². The highest BCUT2D eigenvalue weighted by Crippen LogP contribution is 2.30. The number of methoxy groups -OCH3 is 1. The van der Waals surface area contributed by atoms with Crippen molar-refractivity contribution in [1.29, 1.82) is 0 Å². The molecule has 1 amide bonds. The number of esters is 1. The minimum atomic E-state index is -0.403. The normalized spacial score (nSPS) is 14.8. The van der Waals surface area contributed by atoms with Crippen LogP contribution < -0.4 is 10.1 Å². The van der Waals surface area contributed by atoms with Crippen LogP contribution in [0.1, 0.15) is 15.9 Å². The average molecular weight is 295 g/mol. The maximum Gasteiger partial charge on any atom is 0.337 e. The number of nitrogens with one attached hydrogen (secondary N) is 1. The summed E-state index contributed by atoms with van der Waals surface area (Å²) in [5, 5.41) is 2.76. The van der Waals surface area contributed by atoms with E-state index in [1.807, 2.05) is 12.1 Å². The van der Waals surface area contributed by atoms with Crippen LogP contribution in [0.3, 0.4) is 0 Å². The van der Waals surface area contributed by atoms with Crippen LogP contribution in [-0.4, -0.2) is 19.0 Å². The van der Waals surface area contributed by atoms with E-state index in [0.29, 0.717) is 17.0 Å². The highest BCUT2D eigenvalue weighted by atomic mass is 16.5. The number of hydrogen-bond donors (Lipinski definition) is 1. The lowest BCUT2D eigenvalue weighted by Crippen LogP contribution is -2.23. The molecule has 0 atom stereocenters. The first-order valence-corrected chi connectivity index (χ1v) is 6.65.